The summed E-state index contributed by atoms with van der Waals surface area (Å²) < 4.78 is 43.0. The van der Waals surface area contributed by atoms with E-state index in [1.54, 1.807) is 0 Å². The maximum Gasteiger partial charge on any atom is 0.268 e. The summed E-state index contributed by atoms with van der Waals surface area (Å²) in [5, 5.41) is -0.183. The fraction of sp³-hybridized carbons (Fsp3) is 0.429. The minimum Gasteiger partial charge on any atom is -0.480 e. The Morgan fingerprint density at radius 3 is 2.61 bits per heavy atom. The van der Waals surface area contributed by atoms with Crippen LogP contribution in [0.5, 0.6) is 5.88 Å². The number of hydrogen-bond acceptors (Lipinski definition) is 6. The average Bonchev–Trinajstić information content (AvgIpc) is 3.38. The molecule has 2 aromatic heterocycles. The Labute approximate surface area is 133 Å². The molecule has 0 N–H and O–H groups in total. The van der Waals surface area contributed by atoms with Crippen LogP contribution in [-0.2, 0) is 10.8 Å². The van der Waals surface area contributed by atoms with Crippen LogP contribution in [0.2, 0.25) is 0 Å². The molecule has 2 aromatic rings. The summed E-state index contributed by atoms with van der Waals surface area (Å²) in [6, 6.07) is 0. The van der Waals surface area contributed by atoms with Crippen molar-refractivity contribution in [3.63, 3.8) is 0 Å². The summed E-state index contributed by atoms with van der Waals surface area (Å²) in [5.41, 5.74) is 0.776. The molecule has 1 atom stereocenters. The summed E-state index contributed by atoms with van der Waals surface area (Å²) in [5.74, 6) is 0.689. The molecule has 122 valence electrons. The van der Waals surface area contributed by atoms with Gasteiger partial charge in [-0.1, -0.05) is 0 Å². The maximum absolute atomic E-state index is 13.0. The van der Waals surface area contributed by atoms with E-state index in [1.165, 1.54) is 19.7 Å². The summed E-state index contributed by atoms with van der Waals surface area (Å²) in [6.45, 7) is 0. The minimum atomic E-state index is -2.79. The number of halogens is 2. The van der Waals surface area contributed by atoms with Gasteiger partial charge in [0.05, 0.1) is 29.2 Å². The van der Waals surface area contributed by atoms with Crippen LogP contribution in [0.25, 0.3) is 11.4 Å². The monoisotopic (exact) mass is 340 g/mol. The summed E-state index contributed by atoms with van der Waals surface area (Å²) in [6.07, 6.45) is 2.87. The van der Waals surface area contributed by atoms with Gasteiger partial charge in [-0.05, 0) is 12.8 Å². The zero-order chi connectivity index (χ0) is 16.6. The molecule has 0 bridgehead atoms. The number of ether oxygens (including phenoxy) is 1. The molecular formula is C14H14F2N4O2S. The van der Waals surface area contributed by atoms with Gasteiger partial charge in [0.2, 0.25) is 5.88 Å². The minimum absolute atomic E-state index is 0.152. The summed E-state index contributed by atoms with van der Waals surface area (Å²) >= 11 is 0. The number of nitrogens with zero attached hydrogens (tertiary/aromatic N) is 4. The van der Waals surface area contributed by atoms with Gasteiger partial charge >= 0.3 is 0 Å². The van der Waals surface area contributed by atoms with Crippen LogP contribution in [0.15, 0.2) is 17.6 Å². The number of aromatic nitrogens is 4. The van der Waals surface area contributed by atoms with Gasteiger partial charge in [0.15, 0.2) is 5.82 Å². The molecule has 0 radical (unpaired) electrons. The first-order valence-corrected chi connectivity index (χ1v) is 8.46. The van der Waals surface area contributed by atoms with E-state index in [9.17, 15) is 13.0 Å². The highest BCUT2D eigenvalue weighted by molar-refractivity contribution is 7.84. The molecule has 23 heavy (non-hydrogen) atoms. The second kappa shape index (κ2) is 6.23. The van der Waals surface area contributed by atoms with Crippen molar-refractivity contribution in [2.45, 2.75) is 30.2 Å². The summed E-state index contributed by atoms with van der Waals surface area (Å²) in [4.78, 5) is 16.4. The van der Waals surface area contributed by atoms with E-state index < -0.39 is 22.8 Å². The van der Waals surface area contributed by atoms with Crippen LogP contribution in [0.3, 0.4) is 0 Å². The topological polar surface area (TPSA) is 77.9 Å². The third-order valence-corrected chi connectivity index (χ3v) is 4.38. The second-order valence-electron chi connectivity index (χ2n) is 5.13. The van der Waals surface area contributed by atoms with E-state index in [0.717, 1.165) is 24.7 Å². The lowest BCUT2D eigenvalue weighted by molar-refractivity contribution is 0.146. The van der Waals surface area contributed by atoms with Crippen molar-refractivity contribution in [2.75, 3.05) is 13.4 Å². The maximum atomic E-state index is 13.0. The van der Waals surface area contributed by atoms with Gasteiger partial charge in [-0.3, -0.25) is 4.21 Å². The molecule has 0 amide bonds. The Morgan fingerprint density at radius 1 is 1.30 bits per heavy atom. The molecule has 0 saturated heterocycles. The van der Waals surface area contributed by atoms with E-state index in [-0.39, 0.29) is 22.6 Å². The molecule has 0 aliphatic heterocycles. The van der Waals surface area contributed by atoms with Gasteiger partial charge in [-0.25, -0.2) is 28.7 Å². The number of rotatable bonds is 5. The van der Waals surface area contributed by atoms with Crippen LogP contribution in [-0.4, -0.2) is 37.5 Å². The summed E-state index contributed by atoms with van der Waals surface area (Å²) in [7, 11) is -0.215. The second-order valence-corrected chi connectivity index (χ2v) is 6.42. The highest BCUT2D eigenvalue weighted by Gasteiger charge is 2.32. The lowest BCUT2D eigenvalue weighted by Crippen LogP contribution is -2.07. The fourth-order valence-electron chi connectivity index (χ4n) is 2.29. The van der Waals surface area contributed by atoms with E-state index in [2.05, 4.69) is 19.9 Å². The van der Waals surface area contributed by atoms with Gasteiger partial charge in [0.1, 0.15) is 16.9 Å². The Morgan fingerprint density at radius 2 is 2.04 bits per heavy atom. The highest BCUT2D eigenvalue weighted by atomic mass is 32.2. The third-order valence-electron chi connectivity index (χ3n) is 3.51. The van der Waals surface area contributed by atoms with E-state index in [1.807, 2.05) is 0 Å². The normalized spacial score (nSPS) is 15.7. The molecule has 3 rings (SSSR count). The van der Waals surface area contributed by atoms with Crippen molar-refractivity contribution in [1.82, 2.24) is 19.9 Å². The molecule has 1 fully saturated rings. The predicted octanol–water partition coefficient (Wildman–Crippen LogP) is 2.49. The van der Waals surface area contributed by atoms with Gasteiger partial charge in [-0.15, -0.1) is 0 Å². The number of alkyl halides is 2. The van der Waals surface area contributed by atoms with E-state index in [0.29, 0.717) is 5.56 Å². The van der Waals surface area contributed by atoms with E-state index >= 15 is 0 Å². The number of methoxy groups -OCH3 is 1. The van der Waals surface area contributed by atoms with Crippen LogP contribution < -0.4 is 4.74 Å². The van der Waals surface area contributed by atoms with Crippen LogP contribution >= 0.6 is 0 Å². The smallest absolute Gasteiger partial charge is 0.268 e. The lowest BCUT2D eigenvalue weighted by atomic mass is 10.1. The molecule has 9 heteroatoms. The number of hydrogen-bond donors (Lipinski definition) is 0. The predicted molar refractivity (Wildman–Crippen MR) is 78.9 cm³/mol. The van der Waals surface area contributed by atoms with Crippen LogP contribution in [0, 0.1) is 0 Å². The standard InChI is InChI=1S/C14H14F2N4O2S/c1-22-13-9(10(7-3-4-7)18-6-19-13)12-17-5-8(11(15)16)14(20-12)23(2)21/h5-7,11H,3-4H2,1-2H3. The van der Waals surface area contributed by atoms with Gasteiger partial charge in [-0.2, -0.15) is 0 Å². The zero-order valence-corrected chi connectivity index (χ0v) is 13.3. The molecule has 1 saturated carbocycles. The Kier molecular flexibility index (Phi) is 4.29. The first-order chi connectivity index (χ1) is 11.0. The largest absolute Gasteiger partial charge is 0.480 e. The van der Waals surface area contributed by atoms with Crippen molar-refractivity contribution >= 4 is 10.8 Å². The third kappa shape index (κ3) is 3.05. The van der Waals surface area contributed by atoms with Crippen molar-refractivity contribution in [1.29, 1.82) is 0 Å². The van der Waals surface area contributed by atoms with Crippen molar-refractivity contribution in [3.8, 4) is 17.3 Å². The highest BCUT2D eigenvalue weighted by Crippen LogP contribution is 2.45. The lowest BCUT2D eigenvalue weighted by Gasteiger charge is -2.12. The molecule has 1 aliphatic carbocycles. The Bertz CT molecular complexity index is 768. The van der Waals surface area contributed by atoms with Crippen molar-refractivity contribution in [2.24, 2.45) is 0 Å². The average molecular weight is 340 g/mol. The van der Waals surface area contributed by atoms with Gasteiger partial charge in [0.25, 0.3) is 6.43 Å². The Balaban J connectivity index is 2.19. The molecule has 6 nitrogen and oxygen atoms in total. The molecule has 2 heterocycles. The first-order valence-electron chi connectivity index (χ1n) is 6.90. The molecular weight excluding hydrogens is 326 g/mol. The van der Waals surface area contributed by atoms with Crippen molar-refractivity contribution < 1.29 is 17.7 Å². The van der Waals surface area contributed by atoms with Gasteiger partial charge < -0.3 is 4.74 Å². The molecule has 0 aromatic carbocycles. The first kappa shape index (κ1) is 15.9. The molecule has 1 aliphatic rings. The molecule has 0 spiro atoms. The van der Waals surface area contributed by atoms with Crippen molar-refractivity contribution in [3.05, 3.63) is 23.8 Å². The fourth-order valence-corrected chi connectivity index (χ4v) is 2.98. The Hall–Kier alpha value is -2.03. The van der Waals surface area contributed by atoms with Crippen LogP contribution in [0.4, 0.5) is 8.78 Å². The molecule has 1 unspecified atom stereocenters. The van der Waals surface area contributed by atoms with Gasteiger partial charge in [0, 0.05) is 18.4 Å². The SMILES string of the molecule is COc1ncnc(C2CC2)c1-c1ncc(C(F)F)c(S(C)=O)n1. The van der Waals surface area contributed by atoms with Crippen LogP contribution in [0.1, 0.15) is 36.4 Å². The quantitative estimate of drug-likeness (QED) is 0.778. The van der Waals surface area contributed by atoms with E-state index in [4.69, 9.17) is 4.74 Å². The zero-order valence-electron chi connectivity index (χ0n) is 12.5.